The second-order valence-corrected chi connectivity index (χ2v) is 11.0. The van der Waals surface area contributed by atoms with Gasteiger partial charge in [0.1, 0.15) is 12.3 Å². The zero-order chi connectivity index (χ0) is 24.3. The van der Waals surface area contributed by atoms with Gasteiger partial charge in [0.25, 0.3) is 5.91 Å². The lowest BCUT2D eigenvalue weighted by Gasteiger charge is -2.31. The van der Waals surface area contributed by atoms with Gasteiger partial charge < -0.3 is 10.1 Å². The van der Waals surface area contributed by atoms with Gasteiger partial charge in [-0.05, 0) is 48.4 Å². The van der Waals surface area contributed by atoms with Crippen LogP contribution < -0.4 is 15.0 Å². The summed E-state index contributed by atoms with van der Waals surface area (Å²) >= 11 is 0. The molecule has 2 aliphatic heterocycles. The van der Waals surface area contributed by atoms with E-state index in [-0.39, 0.29) is 35.8 Å². The van der Waals surface area contributed by atoms with E-state index in [2.05, 4.69) is 12.2 Å². The molecule has 0 spiro atoms. The van der Waals surface area contributed by atoms with Crippen LogP contribution in [0.2, 0.25) is 0 Å². The molecular formula is C25H31N3O5S. The van der Waals surface area contributed by atoms with Gasteiger partial charge in [0.15, 0.2) is 6.61 Å². The number of piperidine rings is 1. The van der Waals surface area contributed by atoms with Gasteiger partial charge in [-0.25, -0.2) is 8.42 Å². The fourth-order valence-electron chi connectivity index (χ4n) is 4.26. The van der Waals surface area contributed by atoms with E-state index >= 15 is 0 Å². The molecule has 0 radical (unpaired) electrons. The molecule has 1 atom stereocenters. The molecule has 0 aliphatic carbocycles. The van der Waals surface area contributed by atoms with E-state index in [4.69, 9.17) is 4.74 Å². The number of hydrogen-bond donors (Lipinski definition) is 1. The molecule has 8 nitrogen and oxygen atoms in total. The van der Waals surface area contributed by atoms with Crippen molar-refractivity contribution in [2.75, 3.05) is 37.7 Å². The Kier molecular flexibility index (Phi) is 7.23. The Bertz CT molecular complexity index is 1140. The molecule has 0 unspecified atom stereocenters. The maximum absolute atomic E-state index is 13.2. The van der Waals surface area contributed by atoms with Gasteiger partial charge >= 0.3 is 0 Å². The van der Waals surface area contributed by atoms with Crippen LogP contribution in [0.25, 0.3) is 0 Å². The highest BCUT2D eigenvalue weighted by Crippen LogP contribution is 2.35. The van der Waals surface area contributed by atoms with Crippen molar-refractivity contribution in [2.45, 2.75) is 37.5 Å². The lowest BCUT2D eigenvalue weighted by molar-refractivity contribution is -0.125. The topological polar surface area (TPSA) is 96.0 Å². The molecule has 2 aromatic carbocycles. The van der Waals surface area contributed by atoms with Crippen molar-refractivity contribution in [3.05, 3.63) is 54.1 Å². The number of anilines is 1. The number of carbonyl (C=O) groups excluding carboxylic acids is 2. The Morgan fingerprint density at radius 2 is 1.85 bits per heavy atom. The smallest absolute Gasteiger partial charge is 0.265 e. The number of nitrogens with one attached hydrogen (secondary N) is 1. The Labute approximate surface area is 200 Å². The van der Waals surface area contributed by atoms with Crippen LogP contribution in [0.5, 0.6) is 5.75 Å². The number of amides is 2. The third-order valence-electron chi connectivity index (χ3n) is 6.53. The standard InChI is InChI=1S/C25H31N3O5S/c1-18-10-12-27(13-11-18)34(31,32)21-8-9-23-22(14-21)28(25(30)17-33-23)16-24(29)26-15-19(2)20-6-4-3-5-7-20/h3-9,14,18-19H,10-13,15-17H2,1-2H3,(H,26,29)/t19-/m1/s1. The highest BCUT2D eigenvalue weighted by molar-refractivity contribution is 7.89. The van der Waals surface area contributed by atoms with E-state index in [9.17, 15) is 18.0 Å². The molecule has 2 heterocycles. The van der Waals surface area contributed by atoms with Gasteiger partial charge in [-0.1, -0.05) is 44.2 Å². The van der Waals surface area contributed by atoms with Crippen molar-refractivity contribution in [1.82, 2.24) is 9.62 Å². The van der Waals surface area contributed by atoms with Crippen LogP contribution in [0.3, 0.4) is 0 Å². The first-order chi connectivity index (χ1) is 16.3. The van der Waals surface area contributed by atoms with E-state index < -0.39 is 10.0 Å². The monoisotopic (exact) mass is 485 g/mol. The summed E-state index contributed by atoms with van der Waals surface area (Å²) < 4.78 is 33.4. The van der Waals surface area contributed by atoms with Crippen LogP contribution in [0.15, 0.2) is 53.4 Å². The summed E-state index contributed by atoms with van der Waals surface area (Å²) in [4.78, 5) is 26.7. The summed E-state index contributed by atoms with van der Waals surface area (Å²) in [7, 11) is -3.70. The maximum atomic E-state index is 13.2. The quantitative estimate of drug-likeness (QED) is 0.651. The van der Waals surface area contributed by atoms with Crippen LogP contribution in [-0.4, -0.2) is 57.3 Å². The zero-order valence-corrected chi connectivity index (χ0v) is 20.4. The van der Waals surface area contributed by atoms with Crippen molar-refractivity contribution in [3.63, 3.8) is 0 Å². The minimum atomic E-state index is -3.70. The van der Waals surface area contributed by atoms with Gasteiger partial charge in [-0.3, -0.25) is 14.5 Å². The normalized spacial score (nSPS) is 18.2. The minimum Gasteiger partial charge on any atom is -0.482 e. The molecule has 4 rings (SSSR count). The first kappa shape index (κ1) is 24.2. The van der Waals surface area contributed by atoms with Crippen molar-refractivity contribution >= 4 is 27.5 Å². The highest BCUT2D eigenvalue weighted by Gasteiger charge is 2.32. The molecule has 1 N–H and O–H groups in total. The van der Waals surface area contributed by atoms with Crippen LogP contribution >= 0.6 is 0 Å². The van der Waals surface area contributed by atoms with Gasteiger partial charge in [-0.2, -0.15) is 4.31 Å². The minimum absolute atomic E-state index is 0.0993. The fourth-order valence-corrected chi connectivity index (χ4v) is 5.75. The Morgan fingerprint density at radius 1 is 1.15 bits per heavy atom. The third-order valence-corrected chi connectivity index (χ3v) is 8.42. The Balaban J connectivity index is 1.48. The Morgan fingerprint density at radius 3 is 2.56 bits per heavy atom. The number of ether oxygens (including phenoxy) is 1. The SMILES string of the molecule is CC1CCN(S(=O)(=O)c2ccc3c(c2)N(CC(=O)NC[C@@H](C)c2ccccc2)C(=O)CO3)CC1. The van der Waals surface area contributed by atoms with Gasteiger partial charge in [0.05, 0.1) is 10.6 Å². The molecule has 0 bridgehead atoms. The predicted molar refractivity (Wildman–Crippen MR) is 129 cm³/mol. The van der Waals surface area contributed by atoms with Crippen molar-refractivity contribution in [1.29, 1.82) is 0 Å². The molecular weight excluding hydrogens is 454 g/mol. The summed E-state index contributed by atoms with van der Waals surface area (Å²) in [5, 5.41) is 2.88. The second kappa shape index (κ2) is 10.1. The average molecular weight is 486 g/mol. The van der Waals surface area contributed by atoms with Crippen LogP contribution in [0.1, 0.15) is 38.2 Å². The number of nitrogens with zero attached hydrogens (tertiary/aromatic N) is 2. The molecule has 2 aliphatic rings. The molecule has 2 aromatic rings. The first-order valence-corrected chi connectivity index (χ1v) is 13.1. The third kappa shape index (κ3) is 5.26. The second-order valence-electron chi connectivity index (χ2n) is 9.10. The van der Waals surface area contributed by atoms with Crippen LogP contribution in [-0.2, 0) is 19.6 Å². The van der Waals surface area contributed by atoms with Crippen molar-refractivity contribution < 1.29 is 22.7 Å². The highest BCUT2D eigenvalue weighted by atomic mass is 32.2. The van der Waals surface area contributed by atoms with Gasteiger partial charge in [-0.15, -0.1) is 0 Å². The van der Waals surface area contributed by atoms with Crippen LogP contribution in [0.4, 0.5) is 5.69 Å². The van der Waals surface area contributed by atoms with E-state index in [0.717, 1.165) is 18.4 Å². The summed E-state index contributed by atoms with van der Waals surface area (Å²) in [5.74, 6) is 0.292. The lowest BCUT2D eigenvalue weighted by atomic mass is 10.0. The largest absolute Gasteiger partial charge is 0.482 e. The molecule has 9 heteroatoms. The molecule has 34 heavy (non-hydrogen) atoms. The summed E-state index contributed by atoms with van der Waals surface area (Å²) in [6.07, 6.45) is 1.64. The summed E-state index contributed by atoms with van der Waals surface area (Å²) in [6.45, 7) is 5.11. The average Bonchev–Trinajstić information content (AvgIpc) is 2.84. The van der Waals surface area contributed by atoms with E-state index in [1.165, 1.54) is 21.3 Å². The molecule has 0 saturated carbocycles. The van der Waals surface area contributed by atoms with Crippen molar-refractivity contribution in [3.8, 4) is 5.75 Å². The molecule has 182 valence electrons. The van der Waals surface area contributed by atoms with Crippen LogP contribution in [0, 0.1) is 5.92 Å². The van der Waals surface area contributed by atoms with E-state index in [1.54, 1.807) is 6.07 Å². The molecule has 2 amide bonds. The zero-order valence-electron chi connectivity index (χ0n) is 19.6. The lowest BCUT2D eigenvalue weighted by Crippen LogP contribution is -2.45. The summed E-state index contributed by atoms with van der Waals surface area (Å²) in [6, 6.07) is 14.4. The molecule has 0 aromatic heterocycles. The summed E-state index contributed by atoms with van der Waals surface area (Å²) in [5.41, 5.74) is 1.41. The van der Waals surface area contributed by atoms with E-state index in [1.807, 2.05) is 37.3 Å². The maximum Gasteiger partial charge on any atom is 0.265 e. The molecule has 1 saturated heterocycles. The number of carbonyl (C=O) groups is 2. The predicted octanol–water partition coefficient (Wildman–Crippen LogP) is 2.75. The van der Waals surface area contributed by atoms with E-state index in [0.29, 0.717) is 37.0 Å². The van der Waals surface area contributed by atoms with Gasteiger partial charge in [0.2, 0.25) is 15.9 Å². The number of rotatable bonds is 7. The Hall–Kier alpha value is -2.91. The number of sulfonamides is 1. The number of benzene rings is 2. The van der Waals surface area contributed by atoms with Crippen molar-refractivity contribution in [2.24, 2.45) is 5.92 Å². The number of hydrogen-bond acceptors (Lipinski definition) is 5. The first-order valence-electron chi connectivity index (χ1n) is 11.6. The van der Waals surface area contributed by atoms with Gasteiger partial charge in [0, 0.05) is 19.6 Å². The molecule has 1 fully saturated rings. The number of fused-ring (bicyclic) bond motifs is 1. The fraction of sp³-hybridized carbons (Fsp3) is 0.440.